The third-order valence-corrected chi connectivity index (χ3v) is 3.80. The number of phenols is 2. The summed E-state index contributed by atoms with van der Waals surface area (Å²) in [5.74, 6) is 0.761. The van der Waals surface area contributed by atoms with E-state index in [1.807, 2.05) is 19.1 Å². The molecule has 1 aromatic rings. The molecule has 2 heteroatoms. The predicted octanol–water partition coefficient (Wildman–Crippen LogP) is 4.67. The van der Waals surface area contributed by atoms with Crippen LogP contribution in [0.1, 0.15) is 38.2 Å². The lowest BCUT2D eigenvalue weighted by Crippen LogP contribution is -2.14. The van der Waals surface area contributed by atoms with Crippen molar-refractivity contribution in [3.05, 3.63) is 59.7 Å². The van der Waals surface area contributed by atoms with Gasteiger partial charge in [0.15, 0.2) is 0 Å². The molecular formula is C18H22O2. The number of benzene rings is 1. The van der Waals surface area contributed by atoms with Crippen LogP contribution in [0.4, 0.5) is 0 Å². The molecule has 1 aromatic carbocycles. The molecule has 0 aliphatic heterocycles. The van der Waals surface area contributed by atoms with E-state index in [2.05, 4.69) is 25.7 Å². The molecule has 0 saturated carbocycles. The maximum Gasteiger partial charge on any atom is 0.123 e. The van der Waals surface area contributed by atoms with Gasteiger partial charge in [0, 0.05) is 17.5 Å². The Morgan fingerprint density at radius 2 is 2.10 bits per heavy atom. The largest absolute Gasteiger partial charge is 0.508 e. The first-order chi connectivity index (χ1) is 9.47. The van der Waals surface area contributed by atoms with Gasteiger partial charge < -0.3 is 10.2 Å². The van der Waals surface area contributed by atoms with Crippen LogP contribution in [0.3, 0.4) is 0 Å². The SMILES string of the molecule is C=C(C)C=CC1CCC(C)=CC1c1ccc(O)cc1O. The van der Waals surface area contributed by atoms with E-state index in [-0.39, 0.29) is 17.4 Å². The molecule has 0 bridgehead atoms. The summed E-state index contributed by atoms with van der Waals surface area (Å²) in [5.41, 5.74) is 3.26. The van der Waals surface area contributed by atoms with Crippen LogP contribution in [0.2, 0.25) is 0 Å². The molecular weight excluding hydrogens is 248 g/mol. The van der Waals surface area contributed by atoms with Gasteiger partial charge >= 0.3 is 0 Å². The minimum atomic E-state index is 0.0942. The quantitative estimate of drug-likeness (QED) is 0.619. The number of aromatic hydroxyl groups is 2. The van der Waals surface area contributed by atoms with Crippen molar-refractivity contribution in [2.75, 3.05) is 0 Å². The monoisotopic (exact) mass is 270 g/mol. The lowest BCUT2D eigenvalue weighted by atomic mass is 9.76. The van der Waals surface area contributed by atoms with E-state index >= 15 is 0 Å². The van der Waals surface area contributed by atoms with E-state index in [1.165, 1.54) is 11.6 Å². The minimum absolute atomic E-state index is 0.0942. The highest BCUT2D eigenvalue weighted by atomic mass is 16.3. The molecule has 2 N–H and O–H groups in total. The zero-order valence-electron chi connectivity index (χ0n) is 12.1. The Balaban J connectivity index is 2.37. The molecule has 0 spiro atoms. The standard InChI is InChI=1S/C18H22O2/c1-12(2)4-6-14-7-5-13(3)10-17(14)16-9-8-15(19)11-18(16)20/h4,6,8-11,14,17,19-20H,1,5,7H2,2-3H3. The van der Waals surface area contributed by atoms with E-state index in [9.17, 15) is 10.2 Å². The maximum atomic E-state index is 10.1. The Morgan fingerprint density at radius 1 is 1.35 bits per heavy atom. The van der Waals surface area contributed by atoms with Crippen LogP contribution in [0.5, 0.6) is 11.5 Å². The Hall–Kier alpha value is -1.96. The molecule has 0 heterocycles. The zero-order chi connectivity index (χ0) is 14.7. The predicted molar refractivity (Wildman–Crippen MR) is 82.9 cm³/mol. The number of hydrogen-bond acceptors (Lipinski definition) is 2. The van der Waals surface area contributed by atoms with Crippen molar-refractivity contribution in [2.45, 2.75) is 32.6 Å². The van der Waals surface area contributed by atoms with E-state index < -0.39 is 0 Å². The summed E-state index contributed by atoms with van der Waals surface area (Å²) in [5, 5.41) is 19.5. The summed E-state index contributed by atoms with van der Waals surface area (Å²) in [6.07, 6.45) is 8.60. The van der Waals surface area contributed by atoms with Crippen LogP contribution in [0, 0.1) is 5.92 Å². The number of hydrogen-bond donors (Lipinski definition) is 2. The first-order valence-corrected chi connectivity index (χ1v) is 7.00. The fourth-order valence-electron chi connectivity index (χ4n) is 2.73. The lowest BCUT2D eigenvalue weighted by Gasteiger charge is -2.28. The third kappa shape index (κ3) is 3.32. The second kappa shape index (κ2) is 6.00. The fourth-order valence-corrected chi connectivity index (χ4v) is 2.73. The van der Waals surface area contributed by atoms with Crippen LogP contribution in [-0.4, -0.2) is 10.2 Å². The van der Waals surface area contributed by atoms with Crippen LogP contribution < -0.4 is 0 Å². The Morgan fingerprint density at radius 3 is 2.75 bits per heavy atom. The van der Waals surface area contributed by atoms with Crippen molar-refractivity contribution in [2.24, 2.45) is 5.92 Å². The van der Waals surface area contributed by atoms with Crippen molar-refractivity contribution in [1.29, 1.82) is 0 Å². The van der Waals surface area contributed by atoms with Crippen LogP contribution >= 0.6 is 0 Å². The number of rotatable bonds is 3. The highest BCUT2D eigenvalue weighted by Gasteiger charge is 2.25. The summed E-state index contributed by atoms with van der Waals surface area (Å²) < 4.78 is 0. The molecule has 1 aliphatic carbocycles. The first kappa shape index (κ1) is 14.4. The molecule has 1 aliphatic rings. The summed E-state index contributed by atoms with van der Waals surface area (Å²) in [7, 11) is 0. The fraction of sp³-hybridized carbons (Fsp3) is 0.333. The molecule has 0 saturated heterocycles. The minimum Gasteiger partial charge on any atom is -0.508 e. The summed E-state index contributed by atoms with van der Waals surface area (Å²) in [6, 6.07) is 4.85. The van der Waals surface area contributed by atoms with E-state index in [4.69, 9.17) is 0 Å². The van der Waals surface area contributed by atoms with Gasteiger partial charge in [-0.2, -0.15) is 0 Å². The molecule has 2 atom stereocenters. The van der Waals surface area contributed by atoms with Crippen molar-refractivity contribution in [1.82, 2.24) is 0 Å². The summed E-state index contributed by atoms with van der Waals surface area (Å²) >= 11 is 0. The smallest absolute Gasteiger partial charge is 0.123 e. The van der Waals surface area contributed by atoms with Gasteiger partial charge in [-0.15, -0.1) is 0 Å². The van der Waals surface area contributed by atoms with Gasteiger partial charge in [-0.25, -0.2) is 0 Å². The molecule has 106 valence electrons. The molecule has 2 rings (SSSR count). The van der Waals surface area contributed by atoms with Crippen LogP contribution in [0.25, 0.3) is 0 Å². The average molecular weight is 270 g/mol. The Kier molecular flexibility index (Phi) is 4.33. The molecule has 0 radical (unpaired) electrons. The van der Waals surface area contributed by atoms with Gasteiger partial charge in [-0.1, -0.05) is 42.0 Å². The van der Waals surface area contributed by atoms with E-state index in [1.54, 1.807) is 6.07 Å². The lowest BCUT2D eigenvalue weighted by molar-refractivity contribution is 0.431. The number of phenolic OH excluding ortho intramolecular Hbond substituents is 2. The number of allylic oxidation sites excluding steroid dienone is 5. The van der Waals surface area contributed by atoms with Gasteiger partial charge in [-0.05, 0) is 38.7 Å². The van der Waals surface area contributed by atoms with Crippen molar-refractivity contribution in [3.8, 4) is 11.5 Å². The topological polar surface area (TPSA) is 40.5 Å². The van der Waals surface area contributed by atoms with E-state index in [0.29, 0.717) is 5.92 Å². The maximum absolute atomic E-state index is 10.1. The third-order valence-electron chi connectivity index (χ3n) is 3.80. The zero-order valence-corrected chi connectivity index (χ0v) is 12.1. The summed E-state index contributed by atoms with van der Waals surface area (Å²) in [6.45, 7) is 8.00. The van der Waals surface area contributed by atoms with Gasteiger partial charge in [-0.3, -0.25) is 0 Å². The van der Waals surface area contributed by atoms with Gasteiger partial charge in [0.05, 0.1) is 0 Å². The average Bonchev–Trinajstić information content (AvgIpc) is 2.37. The second-order valence-electron chi connectivity index (χ2n) is 5.69. The highest BCUT2D eigenvalue weighted by molar-refractivity contribution is 5.44. The van der Waals surface area contributed by atoms with Crippen LogP contribution in [0.15, 0.2) is 54.2 Å². The second-order valence-corrected chi connectivity index (χ2v) is 5.69. The van der Waals surface area contributed by atoms with E-state index in [0.717, 1.165) is 24.0 Å². The van der Waals surface area contributed by atoms with Crippen molar-refractivity contribution >= 4 is 0 Å². The van der Waals surface area contributed by atoms with Gasteiger partial charge in [0.25, 0.3) is 0 Å². The molecule has 0 amide bonds. The molecule has 2 nitrogen and oxygen atoms in total. The molecule has 0 aromatic heterocycles. The molecule has 0 fully saturated rings. The highest BCUT2D eigenvalue weighted by Crippen LogP contribution is 2.41. The molecule has 2 unspecified atom stereocenters. The Labute approximate surface area is 120 Å². The normalized spacial score (nSPS) is 22.8. The summed E-state index contributed by atoms with van der Waals surface area (Å²) in [4.78, 5) is 0. The van der Waals surface area contributed by atoms with Crippen molar-refractivity contribution in [3.63, 3.8) is 0 Å². The van der Waals surface area contributed by atoms with Gasteiger partial charge in [0.2, 0.25) is 0 Å². The van der Waals surface area contributed by atoms with Crippen molar-refractivity contribution < 1.29 is 10.2 Å². The Bertz CT molecular complexity index is 567. The van der Waals surface area contributed by atoms with Crippen LogP contribution in [-0.2, 0) is 0 Å². The van der Waals surface area contributed by atoms with Gasteiger partial charge in [0.1, 0.15) is 11.5 Å². The first-order valence-electron chi connectivity index (χ1n) is 7.00. The molecule has 20 heavy (non-hydrogen) atoms.